The van der Waals surface area contributed by atoms with Gasteiger partial charge in [-0.15, -0.1) is 0 Å². The molecule has 2 N–H and O–H groups in total. The van der Waals surface area contributed by atoms with Gasteiger partial charge in [0, 0.05) is 24.3 Å². The van der Waals surface area contributed by atoms with Crippen molar-refractivity contribution in [2.45, 2.75) is 13.8 Å². The molecule has 0 bridgehead atoms. The number of anilines is 1. The lowest BCUT2D eigenvalue weighted by Gasteiger charge is -2.20. The molecule has 0 saturated heterocycles. The van der Waals surface area contributed by atoms with E-state index < -0.39 is 11.8 Å². The zero-order valence-corrected chi connectivity index (χ0v) is 20.2. The molecule has 4 rings (SSSR count). The van der Waals surface area contributed by atoms with E-state index in [1.165, 1.54) is 6.21 Å². The molecular weight excluding hydrogens is 456 g/mol. The Hall–Kier alpha value is -4.59. The minimum Gasteiger partial charge on any atom is -0.454 e. The average Bonchev–Trinajstić information content (AvgIpc) is 3.38. The standard InChI is InChI=1S/C28H28N4O4/c1-3-32(4-2)23-13-10-20(11-14-23)16-24(30-27(33)22-8-6-5-7-9-22)28(34)31-29-18-21-12-15-25-26(17-21)36-19-35-25/h5-18H,3-4,19H2,1-2H3,(H,30,33)(H,31,34)/b24-16-,29-18?. The number of ether oxygens (including phenoxy) is 2. The van der Waals surface area contributed by atoms with Crippen molar-refractivity contribution in [2.75, 3.05) is 24.8 Å². The number of rotatable bonds is 9. The fraction of sp³-hybridized carbons (Fsp3) is 0.179. The second-order valence-electron chi connectivity index (χ2n) is 7.95. The van der Waals surface area contributed by atoms with Gasteiger partial charge in [-0.2, -0.15) is 5.10 Å². The molecule has 36 heavy (non-hydrogen) atoms. The largest absolute Gasteiger partial charge is 0.454 e. The van der Waals surface area contributed by atoms with Gasteiger partial charge in [-0.25, -0.2) is 5.43 Å². The number of hydrogen-bond donors (Lipinski definition) is 2. The fourth-order valence-corrected chi connectivity index (χ4v) is 3.70. The quantitative estimate of drug-likeness (QED) is 0.270. The third-order valence-corrected chi connectivity index (χ3v) is 5.64. The van der Waals surface area contributed by atoms with Crippen molar-refractivity contribution in [1.29, 1.82) is 0 Å². The van der Waals surface area contributed by atoms with Crippen LogP contribution in [0.3, 0.4) is 0 Å². The molecule has 3 aromatic carbocycles. The number of amides is 2. The molecule has 8 nitrogen and oxygen atoms in total. The van der Waals surface area contributed by atoms with E-state index in [0.29, 0.717) is 17.1 Å². The molecule has 184 valence electrons. The van der Waals surface area contributed by atoms with Gasteiger partial charge in [0.05, 0.1) is 6.21 Å². The van der Waals surface area contributed by atoms with Crippen LogP contribution in [0.5, 0.6) is 11.5 Å². The van der Waals surface area contributed by atoms with Crippen LogP contribution in [-0.4, -0.2) is 37.9 Å². The second kappa shape index (κ2) is 11.7. The first-order valence-electron chi connectivity index (χ1n) is 11.7. The summed E-state index contributed by atoms with van der Waals surface area (Å²) in [6.45, 7) is 6.17. The molecule has 0 unspecified atom stereocenters. The van der Waals surface area contributed by atoms with Crippen molar-refractivity contribution >= 4 is 29.8 Å². The van der Waals surface area contributed by atoms with Crippen LogP contribution < -0.4 is 25.1 Å². The molecule has 0 fully saturated rings. The van der Waals surface area contributed by atoms with Crippen molar-refractivity contribution in [1.82, 2.24) is 10.7 Å². The summed E-state index contributed by atoms with van der Waals surface area (Å²) in [7, 11) is 0. The third-order valence-electron chi connectivity index (χ3n) is 5.64. The molecule has 0 aromatic heterocycles. The highest BCUT2D eigenvalue weighted by molar-refractivity contribution is 6.05. The van der Waals surface area contributed by atoms with Crippen molar-refractivity contribution in [3.05, 3.63) is 95.2 Å². The number of carbonyl (C=O) groups excluding carboxylic acids is 2. The normalized spacial score (nSPS) is 12.4. The van der Waals surface area contributed by atoms with E-state index in [2.05, 4.69) is 34.6 Å². The average molecular weight is 485 g/mol. The van der Waals surface area contributed by atoms with Gasteiger partial charge >= 0.3 is 0 Å². The first-order valence-corrected chi connectivity index (χ1v) is 11.7. The highest BCUT2D eigenvalue weighted by Gasteiger charge is 2.15. The van der Waals surface area contributed by atoms with E-state index in [4.69, 9.17) is 9.47 Å². The SMILES string of the molecule is CCN(CC)c1ccc(/C=C(\NC(=O)c2ccccc2)C(=O)NN=Cc2ccc3c(c2)OCO3)cc1. The first-order chi connectivity index (χ1) is 17.6. The monoisotopic (exact) mass is 484 g/mol. The van der Waals surface area contributed by atoms with Crippen LogP contribution in [0.4, 0.5) is 5.69 Å². The van der Waals surface area contributed by atoms with Crippen LogP contribution in [0.15, 0.2) is 83.6 Å². The highest BCUT2D eigenvalue weighted by atomic mass is 16.7. The van der Waals surface area contributed by atoms with Gasteiger partial charge in [0.25, 0.3) is 11.8 Å². The van der Waals surface area contributed by atoms with Crippen LogP contribution >= 0.6 is 0 Å². The van der Waals surface area contributed by atoms with Crippen molar-refractivity contribution < 1.29 is 19.1 Å². The molecule has 0 saturated carbocycles. The lowest BCUT2D eigenvalue weighted by Crippen LogP contribution is -2.32. The van der Waals surface area contributed by atoms with E-state index in [1.807, 2.05) is 30.3 Å². The maximum absolute atomic E-state index is 13.0. The topological polar surface area (TPSA) is 92.3 Å². The predicted octanol–water partition coefficient (Wildman–Crippen LogP) is 4.18. The number of benzene rings is 3. The van der Waals surface area contributed by atoms with Crippen molar-refractivity contribution in [2.24, 2.45) is 5.10 Å². The number of hydrogen-bond acceptors (Lipinski definition) is 6. The second-order valence-corrected chi connectivity index (χ2v) is 7.95. The Labute approximate surface area is 210 Å². The third kappa shape index (κ3) is 6.09. The Kier molecular flexibility index (Phi) is 7.97. The number of hydrazone groups is 1. The summed E-state index contributed by atoms with van der Waals surface area (Å²) < 4.78 is 10.7. The van der Waals surface area contributed by atoms with Crippen LogP contribution in [0.2, 0.25) is 0 Å². The smallest absolute Gasteiger partial charge is 0.287 e. The summed E-state index contributed by atoms with van der Waals surface area (Å²) in [4.78, 5) is 28.0. The fourth-order valence-electron chi connectivity index (χ4n) is 3.70. The lowest BCUT2D eigenvalue weighted by molar-refractivity contribution is -0.117. The Morgan fingerprint density at radius 1 is 0.917 bits per heavy atom. The minimum absolute atomic E-state index is 0.0716. The van der Waals surface area contributed by atoms with Gasteiger partial charge < -0.3 is 19.7 Å². The molecule has 0 radical (unpaired) electrons. The number of carbonyl (C=O) groups is 2. The summed E-state index contributed by atoms with van der Waals surface area (Å²) >= 11 is 0. The van der Waals surface area contributed by atoms with E-state index in [1.54, 1.807) is 48.5 Å². The summed E-state index contributed by atoms with van der Waals surface area (Å²) in [6.07, 6.45) is 3.12. The van der Waals surface area contributed by atoms with E-state index in [-0.39, 0.29) is 12.5 Å². The van der Waals surface area contributed by atoms with Gasteiger partial charge in [0.1, 0.15) is 5.70 Å². The Morgan fingerprint density at radius 2 is 1.61 bits per heavy atom. The van der Waals surface area contributed by atoms with E-state index >= 15 is 0 Å². The Balaban J connectivity index is 1.52. The number of nitrogens with zero attached hydrogens (tertiary/aromatic N) is 2. The molecule has 0 spiro atoms. The maximum atomic E-state index is 13.0. The first kappa shape index (κ1) is 24.5. The Morgan fingerprint density at radius 3 is 2.33 bits per heavy atom. The molecule has 1 aliphatic rings. The summed E-state index contributed by atoms with van der Waals surface area (Å²) in [5, 5.41) is 6.76. The van der Waals surface area contributed by atoms with Crippen LogP contribution in [0.1, 0.15) is 35.3 Å². The van der Waals surface area contributed by atoms with Crippen molar-refractivity contribution in [3.63, 3.8) is 0 Å². The molecule has 1 aliphatic heterocycles. The molecular formula is C28H28N4O4. The number of fused-ring (bicyclic) bond motifs is 1. The Bertz CT molecular complexity index is 1270. The van der Waals surface area contributed by atoms with Gasteiger partial charge in [-0.3, -0.25) is 9.59 Å². The molecule has 8 heteroatoms. The number of nitrogens with one attached hydrogen (secondary N) is 2. The van der Waals surface area contributed by atoms with Crippen LogP contribution in [0.25, 0.3) is 6.08 Å². The molecule has 0 atom stereocenters. The molecule has 3 aromatic rings. The van der Waals surface area contributed by atoms with Gasteiger partial charge in [0.15, 0.2) is 11.5 Å². The molecule has 2 amide bonds. The van der Waals surface area contributed by atoms with Crippen molar-refractivity contribution in [3.8, 4) is 11.5 Å². The van der Waals surface area contributed by atoms with E-state index in [9.17, 15) is 9.59 Å². The summed E-state index contributed by atoms with van der Waals surface area (Å²) in [5.41, 5.74) is 5.59. The maximum Gasteiger partial charge on any atom is 0.287 e. The van der Waals surface area contributed by atoms with Gasteiger partial charge in [0.2, 0.25) is 6.79 Å². The van der Waals surface area contributed by atoms with Gasteiger partial charge in [-0.05, 0) is 73.5 Å². The summed E-state index contributed by atoms with van der Waals surface area (Å²) in [5.74, 6) is 0.340. The molecule has 1 heterocycles. The lowest BCUT2D eigenvalue weighted by atomic mass is 10.1. The molecule has 0 aliphatic carbocycles. The minimum atomic E-state index is -0.552. The van der Waals surface area contributed by atoms with Gasteiger partial charge in [-0.1, -0.05) is 30.3 Å². The van der Waals surface area contributed by atoms with E-state index in [0.717, 1.165) is 29.9 Å². The van der Waals surface area contributed by atoms with Crippen LogP contribution in [-0.2, 0) is 4.79 Å². The van der Waals surface area contributed by atoms with Crippen LogP contribution in [0, 0.1) is 0 Å². The highest BCUT2D eigenvalue weighted by Crippen LogP contribution is 2.31. The zero-order chi connectivity index (χ0) is 25.3. The zero-order valence-electron chi connectivity index (χ0n) is 20.2. The summed E-state index contributed by atoms with van der Waals surface area (Å²) in [6, 6.07) is 21.9. The predicted molar refractivity (Wildman–Crippen MR) is 140 cm³/mol.